The molecule has 2 aromatic rings. The first-order valence-corrected chi connectivity index (χ1v) is 6.25. The van der Waals surface area contributed by atoms with E-state index in [1.165, 1.54) is 19.1 Å². The molecule has 0 fully saturated rings. The van der Waals surface area contributed by atoms with Crippen molar-refractivity contribution in [3.05, 3.63) is 50.2 Å². The first kappa shape index (κ1) is 15.9. The highest BCUT2D eigenvalue weighted by Crippen LogP contribution is 2.29. The molecule has 0 spiro atoms. The van der Waals surface area contributed by atoms with E-state index in [9.17, 15) is 30.1 Å². The van der Waals surface area contributed by atoms with Crippen LogP contribution in [0.2, 0.25) is 0 Å². The van der Waals surface area contributed by atoms with Crippen LogP contribution in [0.5, 0.6) is 5.75 Å². The smallest absolute Gasteiger partial charge is 0.468 e. The first-order chi connectivity index (χ1) is 10.8. The van der Waals surface area contributed by atoms with Gasteiger partial charge in [-0.3, -0.25) is 14.9 Å². The second kappa shape index (κ2) is 6.09. The fourth-order valence-corrected chi connectivity index (χ4v) is 1.92. The zero-order valence-electron chi connectivity index (χ0n) is 11.8. The molecule has 0 bridgehead atoms. The van der Waals surface area contributed by atoms with E-state index in [0.717, 1.165) is 4.68 Å². The maximum Gasteiger partial charge on any atom is 0.468 e. The fraction of sp³-hybridized carbons (Fsp3) is 0.167. The summed E-state index contributed by atoms with van der Waals surface area (Å²) in [6.45, 7) is 0.778. The molecule has 1 aromatic heterocycles. The summed E-state index contributed by atoms with van der Waals surface area (Å²) in [4.78, 5) is 31.7. The third kappa shape index (κ3) is 3.23. The predicted molar refractivity (Wildman–Crippen MR) is 77.0 cm³/mol. The number of nitrogens with zero attached hydrogens (tertiary/aromatic N) is 4. The molecule has 0 aliphatic carbocycles. The van der Waals surface area contributed by atoms with Crippen LogP contribution in [0.1, 0.15) is 5.69 Å². The Morgan fingerprint density at radius 2 is 1.96 bits per heavy atom. The van der Waals surface area contributed by atoms with Crippen molar-refractivity contribution in [2.24, 2.45) is 0 Å². The Morgan fingerprint density at radius 1 is 1.30 bits per heavy atom. The number of carbonyl (C=O) groups is 1. The van der Waals surface area contributed by atoms with Gasteiger partial charge < -0.3 is 20.5 Å². The number of nitro groups is 2. The normalized spacial score (nSPS) is 10.3. The number of benzene rings is 1. The molecule has 2 rings (SSSR count). The number of nitrogens with one attached hydrogen (secondary N) is 1. The van der Waals surface area contributed by atoms with Gasteiger partial charge >= 0.3 is 11.5 Å². The molecule has 0 saturated carbocycles. The Kier molecular flexibility index (Phi) is 4.21. The maximum absolute atomic E-state index is 11.9. The van der Waals surface area contributed by atoms with Gasteiger partial charge in [0.2, 0.25) is 5.91 Å². The van der Waals surface area contributed by atoms with Gasteiger partial charge in [-0.1, -0.05) is 12.1 Å². The number of carbonyl (C=O) groups excluding carboxylic acids is 1. The van der Waals surface area contributed by atoms with Gasteiger partial charge in [-0.25, -0.2) is 0 Å². The van der Waals surface area contributed by atoms with Gasteiger partial charge in [-0.05, 0) is 24.0 Å². The summed E-state index contributed by atoms with van der Waals surface area (Å²) in [6.07, 6.45) is 0. The molecule has 0 saturated heterocycles. The lowest BCUT2D eigenvalue weighted by molar-refractivity contribution is -0.424. The molecule has 11 nitrogen and oxygen atoms in total. The van der Waals surface area contributed by atoms with E-state index in [1.807, 2.05) is 0 Å². The van der Waals surface area contributed by atoms with Gasteiger partial charge in [-0.2, -0.15) is 4.68 Å². The number of hydrogen-bond acceptors (Lipinski definition) is 7. The number of rotatable bonds is 5. The van der Waals surface area contributed by atoms with Crippen molar-refractivity contribution < 1.29 is 19.7 Å². The summed E-state index contributed by atoms with van der Waals surface area (Å²) in [7, 11) is 0. The minimum atomic E-state index is -0.984. The second-order valence-corrected chi connectivity index (χ2v) is 4.49. The van der Waals surface area contributed by atoms with Crippen LogP contribution < -0.4 is 5.32 Å². The third-order valence-electron chi connectivity index (χ3n) is 2.98. The topological polar surface area (TPSA) is 153 Å². The van der Waals surface area contributed by atoms with Gasteiger partial charge in [0.15, 0.2) is 0 Å². The summed E-state index contributed by atoms with van der Waals surface area (Å²) < 4.78 is 0.867. The standard InChI is InChI=1S/C12H11N5O6/c1-7-11(16(20)21)12(17(22)23)14-15(7)6-10(19)13-8-4-2-3-5-9(8)18/h2-5,18H,6H2,1H3,(H,13,19). The summed E-state index contributed by atoms with van der Waals surface area (Å²) in [5.74, 6) is -1.74. The molecule has 0 aliphatic heterocycles. The Hall–Kier alpha value is -3.50. The Bertz CT molecular complexity index is 799. The van der Waals surface area contributed by atoms with Crippen LogP contribution in [0, 0.1) is 27.2 Å². The van der Waals surface area contributed by atoms with Crippen LogP contribution in [-0.2, 0) is 11.3 Å². The minimum absolute atomic E-state index is 0.117. The number of hydrogen-bond donors (Lipinski definition) is 2. The lowest BCUT2D eigenvalue weighted by Crippen LogP contribution is -2.20. The zero-order valence-corrected chi connectivity index (χ0v) is 11.8. The fourth-order valence-electron chi connectivity index (χ4n) is 1.92. The van der Waals surface area contributed by atoms with Crippen LogP contribution in [0.25, 0.3) is 0 Å². The number of para-hydroxylation sites is 2. The van der Waals surface area contributed by atoms with Crippen LogP contribution in [0.4, 0.5) is 17.2 Å². The van der Waals surface area contributed by atoms with Gasteiger partial charge in [0.1, 0.15) is 18.0 Å². The van der Waals surface area contributed by atoms with Crippen molar-refractivity contribution >= 4 is 23.1 Å². The number of aromatic hydroxyl groups is 1. The number of amides is 1. The molecule has 11 heteroatoms. The average molecular weight is 321 g/mol. The predicted octanol–water partition coefficient (Wildman–Crippen LogP) is 1.35. The number of anilines is 1. The average Bonchev–Trinajstić information content (AvgIpc) is 2.79. The van der Waals surface area contributed by atoms with Crippen LogP contribution in [0.3, 0.4) is 0 Å². The number of phenols is 1. The zero-order chi connectivity index (χ0) is 17.1. The van der Waals surface area contributed by atoms with E-state index in [0.29, 0.717) is 0 Å². The molecular weight excluding hydrogens is 310 g/mol. The van der Waals surface area contributed by atoms with Gasteiger partial charge in [-0.15, -0.1) is 0 Å². The summed E-state index contributed by atoms with van der Waals surface area (Å²) in [6, 6.07) is 5.97. The molecule has 2 N–H and O–H groups in total. The Morgan fingerprint density at radius 3 is 2.48 bits per heavy atom. The van der Waals surface area contributed by atoms with Crippen molar-refractivity contribution in [3.63, 3.8) is 0 Å². The van der Waals surface area contributed by atoms with E-state index >= 15 is 0 Å². The van der Waals surface area contributed by atoms with Gasteiger partial charge in [0, 0.05) is 0 Å². The maximum atomic E-state index is 11.9. The molecule has 120 valence electrons. The van der Waals surface area contributed by atoms with Crippen molar-refractivity contribution in [1.29, 1.82) is 0 Å². The molecule has 1 amide bonds. The summed E-state index contributed by atoms with van der Waals surface area (Å²) in [5.41, 5.74) is -0.731. The molecule has 0 aliphatic rings. The SMILES string of the molecule is Cc1c([N+](=O)[O-])c([N+](=O)[O-])nn1CC(=O)Nc1ccccc1O. The molecule has 23 heavy (non-hydrogen) atoms. The molecule has 0 radical (unpaired) electrons. The minimum Gasteiger partial charge on any atom is -0.506 e. The van der Waals surface area contributed by atoms with Gasteiger partial charge in [0.25, 0.3) is 0 Å². The van der Waals surface area contributed by atoms with E-state index in [2.05, 4.69) is 10.4 Å². The Balaban J connectivity index is 2.25. The summed E-state index contributed by atoms with van der Waals surface area (Å²) in [5, 5.41) is 37.1. The summed E-state index contributed by atoms with van der Waals surface area (Å²) >= 11 is 0. The largest absolute Gasteiger partial charge is 0.506 e. The van der Waals surface area contributed by atoms with Crippen molar-refractivity contribution in [3.8, 4) is 5.75 Å². The first-order valence-electron chi connectivity index (χ1n) is 6.25. The van der Waals surface area contributed by atoms with E-state index in [-0.39, 0.29) is 17.1 Å². The second-order valence-electron chi connectivity index (χ2n) is 4.49. The number of phenolic OH excluding ortho intramolecular Hbond substituents is 1. The highest BCUT2D eigenvalue weighted by atomic mass is 16.6. The van der Waals surface area contributed by atoms with E-state index in [4.69, 9.17) is 0 Å². The number of aromatic nitrogens is 2. The molecule has 1 heterocycles. The lowest BCUT2D eigenvalue weighted by Gasteiger charge is -2.06. The quantitative estimate of drug-likeness (QED) is 0.478. The van der Waals surface area contributed by atoms with Crippen molar-refractivity contribution in [1.82, 2.24) is 9.78 Å². The highest BCUT2D eigenvalue weighted by molar-refractivity contribution is 5.92. The van der Waals surface area contributed by atoms with Crippen molar-refractivity contribution in [2.75, 3.05) is 5.32 Å². The molecule has 0 atom stereocenters. The van der Waals surface area contributed by atoms with Crippen LogP contribution in [0.15, 0.2) is 24.3 Å². The van der Waals surface area contributed by atoms with E-state index in [1.54, 1.807) is 12.1 Å². The Labute approximate surface area is 128 Å². The third-order valence-corrected chi connectivity index (χ3v) is 2.98. The van der Waals surface area contributed by atoms with Crippen LogP contribution >= 0.6 is 0 Å². The van der Waals surface area contributed by atoms with Gasteiger partial charge in [0.05, 0.1) is 15.7 Å². The molecule has 1 aromatic carbocycles. The lowest BCUT2D eigenvalue weighted by atomic mass is 10.3. The monoisotopic (exact) mass is 321 g/mol. The van der Waals surface area contributed by atoms with Crippen molar-refractivity contribution in [2.45, 2.75) is 13.5 Å². The highest BCUT2D eigenvalue weighted by Gasteiger charge is 2.35. The molecular formula is C12H11N5O6. The molecule has 0 unspecified atom stereocenters. The van der Waals surface area contributed by atoms with E-state index < -0.39 is 33.8 Å². The van der Waals surface area contributed by atoms with Crippen LogP contribution in [-0.4, -0.2) is 30.6 Å².